The Bertz CT molecular complexity index is 1330. The van der Waals surface area contributed by atoms with E-state index in [4.69, 9.17) is 0 Å². The fourth-order valence-corrected chi connectivity index (χ4v) is 6.15. The van der Waals surface area contributed by atoms with E-state index in [2.05, 4.69) is 5.10 Å². The highest BCUT2D eigenvalue weighted by Crippen LogP contribution is 2.29. The molecule has 178 valence electrons. The maximum atomic E-state index is 13.8. The standard InChI is InChI=1S/C24H24F2N4O3S/c25-20-10-9-18(15-21(20)26)30-22-8-4-7-19(22)23(27-30)24(31)28-11-13-29(14-12-28)34(32,33)16-17-5-2-1-3-6-17/h1-3,5-6,9-10,15H,4,7-8,11-14,16H2. The van der Waals surface area contributed by atoms with Gasteiger partial charge in [0.25, 0.3) is 5.91 Å². The first-order valence-electron chi connectivity index (χ1n) is 11.2. The highest BCUT2D eigenvalue weighted by Gasteiger charge is 2.33. The molecule has 2 heterocycles. The molecule has 0 atom stereocenters. The smallest absolute Gasteiger partial charge is 0.274 e. The summed E-state index contributed by atoms with van der Waals surface area (Å²) in [6, 6.07) is 12.6. The lowest BCUT2D eigenvalue weighted by molar-refractivity contribution is 0.0690. The molecule has 2 aromatic carbocycles. The zero-order chi connectivity index (χ0) is 23.9. The van der Waals surface area contributed by atoms with Gasteiger partial charge in [-0.05, 0) is 37.0 Å². The van der Waals surface area contributed by atoms with Gasteiger partial charge in [0.2, 0.25) is 10.0 Å². The van der Waals surface area contributed by atoms with Gasteiger partial charge in [0, 0.05) is 43.5 Å². The number of carbonyl (C=O) groups is 1. The SMILES string of the molecule is O=C(c1nn(-c2ccc(F)c(F)c2)c2c1CCC2)N1CCN(S(=O)(=O)Cc2ccccc2)CC1. The number of halogens is 2. The average molecular weight is 487 g/mol. The summed E-state index contributed by atoms with van der Waals surface area (Å²) in [5.41, 5.74) is 3.05. The minimum Gasteiger partial charge on any atom is -0.335 e. The van der Waals surface area contributed by atoms with E-state index < -0.39 is 21.7 Å². The second-order valence-electron chi connectivity index (χ2n) is 8.57. The van der Waals surface area contributed by atoms with Crippen LogP contribution in [0.1, 0.15) is 33.7 Å². The fourth-order valence-electron chi connectivity index (χ4n) is 4.63. The molecule has 1 amide bonds. The van der Waals surface area contributed by atoms with Crippen LogP contribution in [0.2, 0.25) is 0 Å². The van der Waals surface area contributed by atoms with Gasteiger partial charge in [-0.25, -0.2) is 21.9 Å². The van der Waals surface area contributed by atoms with Crippen molar-refractivity contribution >= 4 is 15.9 Å². The van der Waals surface area contributed by atoms with Gasteiger partial charge in [-0.2, -0.15) is 9.40 Å². The number of nitrogens with zero attached hydrogens (tertiary/aromatic N) is 4. The van der Waals surface area contributed by atoms with Gasteiger partial charge < -0.3 is 4.90 Å². The van der Waals surface area contributed by atoms with Crippen molar-refractivity contribution in [2.24, 2.45) is 0 Å². The second kappa shape index (κ2) is 8.92. The molecule has 10 heteroatoms. The minimum absolute atomic E-state index is 0.0755. The summed E-state index contributed by atoms with van der Waals surface area (Å²) in [4.78, 5) is 14.9. The van der Waals surface area contributed by atoms with E-state index in [1.54, 1.807) is 29.2 Å². The summed E-state index contributed by atoms with van der Waals surface area (Å²) in [5, 5.41) is 4.48. The molecule has 3 aromatic rings. The molecule has 1 saturated heterocycles. The lowest BCUT2D eigenvalue weighted by Crippen LogP contribution is -2.51. The van der Waals surface area contributed by atoms with Crippen LogP contribution < -0.4 is 0 Å². The molecule has 0 radical (unpaired) electrons. The minimum atomic E-state index is -3.49. The highest BCUT2D eigenvalue weighted by atomic mass is 32.2. The zero-order valence-corrected chi connectivity index (χ0v) is 19.3. The number of piperazine rings is 1. The van der Waals surface area contributed by atoms with E-state index in [1.165, 1.54) is 15.1 Å². The average Bonchev–Trinajstić information content (AvgIpc) is 3.44. The number of hydrogen-bond acceptors (Lipinski definition) is 4. The molecule has 34 heavy (non-hydrogen) atoms. The molecular formula is C24H24F2N4O3S. The van der Waals surface area contributed by atoms with E-state index in [9.17, 15) is 22.0 Å². The lowest BCUT2D eigenvalue weighted by Gasteiger charge is -2.33. The predicted octanol–water partition coefficient (Wildman–Crippen LogP) is 2.93. The Kier molecular flexibility index (Phi) is 5.95. The van der Waals surface area contributed by atoms with Gasteiger partial charge in [-0.15, -0.1) is 0 Å². The number of rotatable bonds is 5. The predicted molar refractivity (Wildman–Crippen MR) is 122 cm³/mol. The fraction of sp³-hybridized carbons (Fsp3) is 0.333. The van der Waals surface area contributed by atoms with Gasteiger partial charge in [0.1, 0.15) is 0 Å². The lowest BCUT2D eigenvalue weighted by atomic mass is 10.1. The van der Waals surface area contributed by atoms with E-state index in [0.29, 0.717) is 24.2 Å². The quantitative estimate of drug-likeness (QED) is 0.556. The number of benzene rings is 2. The van der Waals surface area contributed by atoms with Crippen molar-refractivity contribution in [3.05, 3.63) is 82.7 Å². The monoisotopic (exact) mass is 486 g/mol. The van der Waals surface area contributed by atoms with E-state index in [-0.39, 0.29) is 37.8 Å². The summed E-state index contributed by atoms with van der Waals surface area (Å²) in [6.45, 7) is 0.958. The summed E-state index contributed by atoms with van der Waals surface area (Å²) in [7, 11) is -3.49. The summed E-state index contributed by atoms with van der Waals surface area (Å²) in [5.74, 6) is -2.25. The summed E-state index contributed by atoms with van der Waals surface area (Å²) in [6.07, 6.45) is 2.23. The Morgan fingerprint density at radius 3 is 2.38 bits per heavy atom. The van der Waals surface area contributed by atoms with Crippen LogP contribution in [-0.2, 0) is 28.6 Å². The van der Waals surface area contributed by atoms with E-state index in [1.807, 2.05) is 6.07 Å². The molecular weight excluding hydrogens is 462 g/mol. The van der Waals surface area contributed by atoms with Crippen LogP contribution in [-0.4, -0.2) is 59.5 Å². The van der Waals surface area contributed by atoms with Crippen LogP contribution >= 0.6 is 0 Å². The van der Waals surface area contributed by atoms with Crippen molar-refractivity contribution in [1.29, 1.82) is 0 Å². The molecule has 0 bridgehead atoms. The Morgan fingerprint density at radius 1 is 0.941 bits per heavy atom. The van der Waals surface area contributed by atoms with Gasteiger partial charge in [0.15, 0.2) is 17.3 Å². The first kappa shape index (κ1) is 22.7. The van der Waals surface area contributed by atoms with Gasteiger partial charge in [-0.3, -0.25) is 4.79 Å². The van der Waals surface area contributed by atoms with E-state index >= 15 is 0 Å². The normalized spacial score (nSPS) is 16.6. The van der Waals surface area contributed by atoms with Crippen molar-refractivity contribution in [1.82, 2.24) is 19.0 Å². The van der Waals surface area contributed by atoms with Crippen LogP contribution in [0.4, 0.5) is 8.78 Å². The van der Waals surface area contributed by atoms with Crippen molar-refractivity contribution in [3.63, 3.8) is 0 Å². The molecule has 1 aliphatic heterocycles. The highest BCUT2D eigenvalue weighted by molar-refractivity contribution is 7.88. The van der Waals surface area contributed by atoms with Crippen molar-refractivity contribution in [2.75, 3.05) is 26.2 Å². The van der Waals surface area contributed by atoms with Crippen LogP contribution in [0.15, 0.2) is 48.5 Å². The molecule has 1 aromatic heterocycles. The molecule has 0 N–H and O–H groups in total. The van der Waals surface area contributed by atoms with Gasteiger partial charge >= 0.3 is 0 Å². The van der Waals surface area contributed by atoms with Crippen LogP contribution in [0.25, 0.3) is 5.69 Å². The Morgan fingerprint density at radius 2 is 1.68 bits per heavy atom. The molecule has 0 unspecified atom stereocenters. The van der Waals surface area contributed by atoms with Crippen molar-refractivity contribution < 1.29 is 22.0 Å². The largest absolute Gasteiger partial charge is 0.335 e. The van der Waals surface area contributed by atoms with Crippen molar-refractivity contribution in [2.45, 2.75) is 25.0 Å². The van der Waals surface area contributed by atoms with Crippen LogP contribution in [0.5, 0.6) is 0 Å². The van der Waals surface area contributed by atoms with Crippen molar-refractivity contribution in [3.8, 4) is 5.69 Å². The molecule has 1 aliphatic carbocycles. The Hall–Kier alpha value is -3.11. The summed E-state index contributed by atoms with van der Waals surface area (Å²) < 4.78 is 55.8. The van der Waals surface area contributed by atoms with Crippen LogP contribution in [0, 0.1) is 11.6 Å². The maximum absolute atomic E-state index is 13.8. The maximum Gasteiger partial charge on any atom is 0.274 e. The molecule has 0 spiro atoms. The number of amides is 1. The number of hydrogen-bond donors (Lipinski definition) is 0. The topological polar surface area (TPSA) is 75.5 Å². The number of carbonyl (C=O) groups excluding carboxylic acids is 1. The molecule has 2 aliphatic rings. The Balaban J connectivity index is 1.32. The third-order valence-electron chi connectivity index (χ3n) is 6.39. The van der Waals surface area contributed by atoms with Gasteiger partial charge in [-0.1, -0.05) is 30.3 Å². The number of fused-ring (bicyclic) bond motifs is 1. The Labute approximate surface area is 196 Å². The second-order valence-corrected chi connectivity index (χ2v) is 10.5. The third kappa shape index (κ3) is 4.23. The number of sulfonamides is 1. The number of aromatic nitrogens is 2. The molecule has 1 fully saturated rings. The first-order chi connectivity index (χ1) is 16.3. The summed E-state index contributed by atoms with van der Waals surface area (Å²) >= 11 is 0. The van der Waals surface area contributed by atoms with Crippen LogP contribution in [0.3, 0.4) is 0 Å². The molecule has 0 saturated carbocycles. The molecule has 7 nitrogen and oxygen atoms in total. The van der Waals surface area contributed by atoms with Gasteiger partial charge in [0.05, 0.1) is 11.4 Å². The third-order valence-corrected chi connectivity index (χ3v) is 8.24. The first-order valence-corrected chi connectivity index (χ1v) is 12.8. The molecule has 5 rings (SSSR count). The van der Waals surface area contributed by atoms with E-state index in [0.717, 1.165) is 35.4 Å². The zero-order valence-electron chi connectivity index (χ0n) is 18.5.